The highest BCUT2D eigenvalue weighted by molar-refractivity contribution is 9.10. The van der Waals surface area contributed by atoms with Crippen molar-refractivity contribution in [3.8, 4) is 0 Å². The van der Waals surface area contributed by atoms with Crippen LogP contribution in [-0.4, -0.2) is 40.7 Å². The molecule has 0 unspecified atom stereocenters. The second kappa shape index (κ2) is 8.58. The average Bonchev–Trinajstić information content (AvgIpc) is 2.49. The summed E-state index contributed by atoms with van der Waals surface area (Å²) in [5, 5.41) is 8.80. The number of benzene rings is 1. The fourth-order valence-corrected chi connectivity index (χ4v) is 4.11. The number of carboxylic acid groups (broad SMARTS) is 1. The summed E-state index contributed by atoms with van der Waals surface area (Å²) >= 11 is 5.18. The molecule has 2 rings (SSSR count). The number of halogens is 1. The van der Waals surface area contributed by atoms with Gasteiger partial charge in [-0.25, -0.2) is 0 Å². The van der Waals surface area contributed by atoms with Gasteiger partial charge in [0.15, 0.2) is 0 Å². The van der Waals surface area contributed by atoms with E-state index in [-0.39, 0.29) is 18.2 Å². The van der Waals surface area contributed by atoms with Gasteiger partial charge < -0.3 is 10.0 Å². The van der Waals surface area contributed by atoms with Crippen molar-refractivity contribution in [2.75, 3.05) is 18.8 Å². The summed E-state index contributed by atoms with van der Waals surface area (Å²) in [5.74, 6) is 0.412. The van der Waals surface area contributed by atoms with Crippen LogP contribution in [0.15, 0.2) is 33.6 Å². The van der Waals surface area contributed by atoms with Crippen LogP contribution in [0.4, 0.5) is 0 Å². The molecule has 0 radical (unpaired) electrons. The number of aliphatic carboxylic acids is 1. The van der Waals surface area contributed by atoms with Crippen LogP contribution in [-0.2, 0) is 9.59 Å². The van der Waals surface area contributed by atoms with Crippen LogP contribution in [0.1, 0.15) is 25.7 Å². The van der Waals surface area contributed by atoms with E-state index in [1.165, 1.54) is 0 Å². The minimum Gasteiger partial charge on any atom is -0.481 e. The molecule has 1 heterocycles. The van der Waals surface area contributed by atoms with E-state index < -0.39 is 5.97 Å². The summed E-state index contributed by atoms with van der Waals surface area (Å²) in [6.07, 6.45) is 2.35. The van der Waals surface area contributed by atoms with Crippen molar-refractivity contribution in [1.82, 2.24) is 4.90 Å². The Morgan fingerprint density at radius 1 is 1.27 bits per heavy atom. The summed E-state index contributed by atoms with van der Waals surface area (Å²) in [6, 6.07) is 8.00. The zero-order chi connectivity index (χ0) is 15.9. The molecule has 0 spiro atoms. The number of carbonyl (C=O) groups excluding carboxylic acids is 1. The lowest BCUT2D eigenvalue weighted by atomic mass is 9.93. The van der Waals surface area contributed by atoms with Gasteiger partial charge in [-0.15, -0.1) is 11.8 Å². The topological polar surface area (TPSA) is 57.6 Å². The number of hydrogen-bond donors (Lipinski definition) is 1. The fourth-order valence-electron chi connectivity index (χ4n) is 2.60. The summed E-state index contributed by atoms with van der Waals surface area (Å²) in [4.78, 5) is 25.9. The maximum atomic E-state index is 12.2. The highest BCUT2D eigenvalue weighted by Crippen LogP contribution is 2.28. The number of carbonyl (C=O) groups is 2. The third kappa shape index (κ3) is 5.32. The normalized spacial score (nSPS) is 15.8. The number of nitrogens with zero attached hydrogens (tertiary/aromatic N) is 1. The minimum atomic E-state index is -0.741. The Labute approximate surface area is 143 Å². The molecule has 0 aromatic heterocycles. The van der Waals surface area contributed by atoms with E-state index in [4.69, 9.17) is 5.11 Å². The molecule has 1 amide bonds. The lowest BCUT2D eigenvalue weighted by Crippen LogP contribution is -2.39. The molecule has 1 aliphatic heterocycles. The van der Waals surface area contributed by atoms with Gasteiger partial charge in [0, 0.05) is 41.1 Å². The molecule has 1 aromatic carbocycles. The van der Waals surface area contributed by atoms with Crippen molar-refractivity contribution in [2.45, 2.75) is 30.6 Å². The molecule has 22 heavy (non-hydrogen) atoms. The molecule has 1 aliphatic rings. The van der Waals surface area contributed by atoms with Crippen LogP contribution in [0.2, 0.25) is 0 Å². The van der Waals surface area contributed by atoms with Crippen LogP contribution in [0.5, 0.6) is 0 Å². The van der Waals surface area contributed by atoms with E-state index in [2.05, 4.69) is 15.9 Å². The number of piperidine rings is 1. The Morgan fingerprint density at radius 2 is 1.95 bits per heavy atom. The first kappa shape index (κ1) is 17.3. The predicted molar refractivity (Wildman–Crippen MR) is 91.0 cm³/mol. The largest absolute Gasteiger partial charge is 0.481 e. The molecule has 1 aromatic rings. The summed E-state index contributed by atoms with van der Waals surface area (Å²) in [7, 11) is 0. The second-order valence-electron chi connectivity index (χ2n) is 5.45. The quantitative estimate of drug-likeness (QED) is 0.759. The smallest absolute Gasteiger partial charge is 0.303 e. The SMILES string of the molecule is O=C(O)CC1CCN(C(=O)CCSc2ccccc2Br)CC1. The predicted octanol–water partition coefficient (Wildman–Crippen LogP) is 3.64. The van der Waals surface area contributed by atoms with Gasteiger partial charge in [0.25, 0.3) is 0 Å². The molecule has 6 heteroatoms. The highest BCUT2D eigenvalue weighted by atomic mass is 79.9. The molecule has 120 valence electrons. The van der Waals surface area contributed by atoms with Gasteiger partial charge in [0.05, 0.1) is 0 Å². The Balaban J connectivity index is 1.70. The molecule has 0 aliphatic carbocycles. The van der Waals surface area contributed by atoms with Crippen LogP contribution < -0.4 is 0 Å². The third-order valence-electron chi connectivity index (χ3n) is 3.84. The molecule has 0 bridgehead atoms. The molecular formula is C16H20BrNO3S. The Bertz CT molecular complexity index is 530. The van der Waals surface area contributed by atoms with E-state index in [9.17, 15) is 9.59 Å². The van der Waals surface area contributed by atoms with Crippen molar-refractivity contribution in [2.24, 2.45) is 5.92 Å². The number of carboxylic acids is 1. The monoisotopic (exact) mass is 385 g/mol. The molecular weight excluding hydrogens is 366 g/mol. The van der Waals surface area contributed by atoms with E-state index in [1.54, 1.807) is 11.8 Å². The summed E-state index contributed by atoms with van der Waals surface area (Å²) in [6.45, 7) is 1.38. The van der Waals surface area contributed by atoms with Crippen molar-refractivity contribution >= 4 is 39.6 Å². The third-order valence-corrected chi connectivity index (χ3v) is 5.87. The maximum Gasteiger partial charge on any atom is 0.303 e. The first-order valence-corrected chi connectivity index (χ1v) is 9.21. The van der Waals surface area contributed by atoms with E-state index in [0.29, 0.717) is 19.5 Å². The Hall–Kier alpha value is -1.01. The van der Waals surface area contributed by atoms with Gasteiger partial charge in [-0.3, -0.25) is 9.59 Å². The average molecular weight is 386 g/mol. The van der Waals surface area contributed by atoms with Crippen molar-refractivity contribution in [3.05, 3.63) is 28.7 Å². The standard InChI is InChI=1S/C16H20BrNO3S/c17-13-3-1-2-4-14(13)22-10-7-15(19)18-8-5-12(6-9-18)11-16(20)21/h1-4,12H,5-11H2,(H,20,21). The van der Waals surface area contributed by atoms with E-state index in [0.717, 1.165) is 28.0 Å². The first-order valence-electron chi connectivity index (χ1n) is 7.43. The number of amides is 1. The lowest BCUT2D eigenvalue weighted by Gasteiger charge is -2.31. The molecule has 1 saturated heterocycles. The van der Waals surface area contributed by atoms with Gasteiger partial charge in [-0.1, -0.05) is 12.1 Å². The van der Waals surface area contributed by atoms with E-state index >= 15 is 0 Å². The minimum absolute atomic E-state index is 0.174. The van der Waals surface area contributed by atoms with Gasteiger partial charge in [0.2, 0.25) is 5.91 Å². The highest BCUT2D eigenvalue weighted by Gasteiger charge is 2.23. The van der Waals surface area contributed by atoms with Crippen LogP contribution >= 0.6 is 27.7 Å². The molecule has 1 N–H and O–H groups in total. The number of likely N-dealkylation sites (tertiary alicyclic amines) is 1. The molecule has 4 nitrogen and oxygen atoms in total. The van der Waals surface area contributed by atoms with Crippen molar-refractivity contribution in [1.29, 1.82) is 0 Å². The van der Waals surface area contributed by atoms with Gasteiger partial charge >= 0.3 is 5.97 Å². The number of rotatable bonds is 6. The second-order valence-corrected chi connectivity index (χ2v) is 7.44. The molecule has 0 atom stereocenters. The maximum absolute atomic E-state index is 12.2. The van der Waals surface area contributed by atoms with Crippen molar-refractivity contribution < 1.29 is 14.7 Å². The number of thioether (sulfide) groups is 1. The first-order chi connectivity index (χ1) is 10.6. The van der Waals surface area contributed by atoms with E-state index in [1.807, 2.05) is 29.2 Å². The van der Waals surface area contributed by atoms with Crippen molar-refractivity contribution in [3.63, 3.8) is 0 Å². The molecule has 0 saturated carbocycles. The fraction of sp³-hybridized carbons (Fsp3) is 0.500. The zero-order valence-corrected chi connectivity index (χ0v) is 14.7. The summed E-state index contributed by atoms with van der Waals surface area (Å²) < 4.78 is 1.06. The van der Waals surface area contributed by atoms with Crippen LogP contribution in [0, 0.1) is 5.92 Å². The lowest BCUT2D eigenvalue weighted by molar-refractivity contribution is -0.138. The molecule has 1 fully saturated rings. The van der Waals surface area contributed by atoms with Gasteiger partial charge in [-0.2, -0.15) is 0 Å². The van der Waals surface area contributed by atoms with Gasteiger partial charge in [-0.05, 0) is 46.8 Å². The van der Waals surface area contributed by atoms with Crippen LogP contribution in [0.25, 0.3) is 0 Å². The Kier molecular flexibility index (Phi) is 6.76. The van der Waals surface area contributed by atoms with Gasteiger partial charge in [0.1, 0.15) is 0 Å². The Morgan fingerprint density at radius 3 is 2.59 bits per heavy atom. The zero-order valence-electron chi connectivity index (χ0n) is 12.3. The number of hydrogen-bond acceptors (Lipinski definition) is 3. The van der Waals surface area contributed by atoms with Crippen LogP contribution in [0.3, 0.4) is 0 Å². The summed E-state index contributed by atoms with van der Waals surface area (Å²) in [5.41, 5.74) is 0.